The predicted octanol–water partition coefficient (Wildman–Crippen LogP) is 1.47. The molecule has 21 heavy (non-hydrogen) atoms. The molecule has 1 fully saturated rings. The summed E-state index contributed by atoms with van der Waals surface area (Å²) in [5.41, 5.74) is 2.80. The van der Waals surface area contributed by atoms with Gasteiger partial charge in [-0.2, -0.15) is 0 Å². The molecule has 2 aliphatic rings. The van der Waals surface area contributed by atoms with Crippen LogP contribution in [-0.4, -0.2) is 56.9 Å². The van der Waals surface area contributed by atoms with Gasteiger partial charge in [0, 0.05) is 32.1 Å². The van der Waals surface area contributed by atoms with Crippen molar-refractivity contribution in [2.45, 2.75) is 25.8 Å². The Kier molecular flexibility index (Phi) is 5.12. The van der Waals surface area contributed by atoms with Gasteiger partial charge >= 0.3 is 0 Å². The highest BCUT2D eigenvalue weighted by Crippen LogP contribution is 2.26. The van der Waals surface area contributed by atoms with E-state index in [0.717, 1.165) is 64.6 Å². The first-order valence-corrected chi connectivity index (χ1v) is 8.14. The number of likely N-dealkylation sites (N-methyl/N-ethyl adjacent to an activating group) is 1. The topological polar surface area (TPSA) is 33.7 Å². The van der Waals surface area contributed by atoms with Crippen LogP contribution >= 0.6 is 0 Å². The lowest BCUT2D eigenvalue weighted by molar-refractivity contribution is -0.00599. The second-order valence-corrected chi connectivity index (χ2v) is 5.86. The monoisotopic (exact) mass is 290 g/mol. The molecule has 0 bridgehead atoms. The lowest BCUT2D eigenvalue weighted by Crippen LogP contribution is -2.50. The van der Waals surface area contributed by atoms with Crippen molar-refractivity contribution >= 4 is 0 Å². The standard InChI is InChI=1S/C17H26N2O2/c1-2-18-12-16-13-20-10-8-19(16)7-5-14-3-4-17-15(11-14)6-9-21-17/h3-4,11,16,18H,2,5-10,12-13H2,1H3. The maximum atomic E-state index is 5.62. The molecule has 1 atom stereocenters. The second-order valence-electron chi connectivity index (χ2n) is 5.86. The van der Waals surface area contributed by atoms with E-state index in [2.05, 4.69) is 35.3 Å². The molecule has 1 saturated heterocycles. The van der Waals surface area contributed by atoms with Gasteiger partial charge in [-0.1, -0.05) is 19.1 Å². The fourth-order valence-corrected chi connectivity index (χ4v) is 3.15. The molecule has 0 aromatic heterocycles. The van der Waals surface area contributed by atoms with Crippen molar-refractivity contribution < 1.29 is 9.47 Å². The van der Waals surface area contributed by atoms with Crippen LogP contribution in [0.3, 0.4) is 0 Å². The van der Waals surface area contributed by atoms with Gasteiger partial charge < -0.3 is 14.8 Å². The van der Waals surface area contributed by atoms with E-state index >= 15 is 0 Å². The Hall–Kier alpha value is -1.10. The molecule has 0 saturated carbocycles. The van der Waals surface area contributed by atoms with Gasteiger partial charge in [0.15, 0.2) is 0 Å². The molecule has 1 N–H and O–H groups in total. The van der Waals surface area contributed by atoms with Gasteiger partial charge in [-0.05, 0) is 30.2 Å². The van der Waals surface area contributed by atoms with Gasteiger partial charge in [0.05, 0.1) is 19.8 Å². The summed E-state index contributed by atoms with van der Waals surface area (Å²) in [6, 6.07) is 7.18. The molecule has 1 aromatic carbocycles. The highest BCUT2D eigenvalue weighted by Gasteiger charge is 2.22. The molecule has 1 aromatic rings. The quantitative estimate of drug-likeness (QED) is 0.860. The maximum absolute atomic E-state index is 5.62. The summed E-state index contributed by atoms with van der Waals surface area (Å²) in [4.78, 5) is 2.57. The molecule has 2 heterocycles. The van der Waals surface area contributed by atoms with Gasteiger partial charge in [0.1, 0.15) is 5.75 Å². The van der Waals surface area contributed by atoms with Crippen molar-refractivity contribution in [2.75, 3.05) is 46.0 Å². The molecule has 2 aliphatic heterocycles. The lowest BCUT2D eigenvalue weighted by atomic mass is 10.1. The van der Waals surface area contributed by atoms with E-state index in [4.69, 9.17) is 9.47 Å². The van der Waals surface area contributed by atoms with Crippen LogP contribution < -0.4 is 10.1 Å². The van der Waals surface area contributed by atoms with Crippen LogP contribution in [0, 0.1) is 0 Å². The van der Waals surface area contributed by atoms with Crippen LogP contribution in [-0.2, 0) is 17.6 Å². The van der Waals surface area contributed by atoms with Crippen molar-refractivity contribution in [3.8, 4) is 5.75 Å². The average Bonchev–Trinajstić information content (AvgIpc) is 2.99. The molecule has 116 valence electrons. The van der Waals surface area contributed by atoms with Crippen LogP contribution in [0.15, 0.2) is 18.2 Å². The van der Waals surface area contributed by atoms with E-state index in [-0.39, 0.29) is 0 Å². The summed E-state index contributed by atoms with van der Waals surface area (Å²) in [6.45, 7) is 8.91. The summed E-state index contributed by atoms with van der Waals surface area (Å²) in [5, 5.41) is 3.44. The summed E-state index contributed by atoms with van der Waals surface area (Å²) in [7, 11) is 0. The van der Waals surface area contributed by atoms with Gasteiger partial charge in [-0.3, -0.25) is 4.90 Å². The molecule has 0 aliphatic carbocycles. The van der Waals surface area contributed by atoms with Crippen LogP contribution in [0.25, 0.3) is 0 Å². The zero-order valence-corrected chi connectivity index (χ0v) is 12.9. The number of fused-ring (bicyclic) bond motifs is 1. The number of hydrogen-bond acceptors (Lipinski definition) is 4. The zero-order chi connectivity index (χ0) is 14.5. The van der Waals surface area contributed by atoms with E-state index in [0.29, 0.717) is 6.04 Å². The Bertz CT molecular complexity index is 464. The minimum Gasteiger partial charge on any atom is -0.493 e. The van der Waals surface area contributed by atoms with E-state index in [9.17, 15) is 0 Å². The molecule has 0 amide bonds. The number of nitrogens with one attached hydrogen (secondary N) is 1. The Balaban J connectivity index is 1.55. The SMILES string of the molecule is CCNCC1COCCN1CCc1ccc2c(c1)CCO2. The van der Waals surface area contributed by atoms with Gasteiger partial charge in [0.25, 0.3) is 0 Å². The fourth-order valence-electron chi connectivity index (χ4n) is 3.15. The van der Waals surface area contributed by atoms with E-state index in [1.54, 1.807) is 0 Å². The zero-order valence-electron chi connectivity index (χ0n) is 12.9. The third-order valence-electron chi connectivity index (χ3n) is 4.42. The summed E-state index contributed by atoms with van der Waals surface area (Å²) >= 11 is 0. The second kappa shape index (κ2) is 7.25. The first-order chi connectivity index (χ1) is 10.4. The molecule has 0 spiro atoms. The number of benzene rings is 1. The number of morpholine rings is 1. The molecule has 0 radical (unpaired) electrons. The van der Waals surface area contributed by atoms with Crippen LogP contribution in [0.4, 0.5) is 0 Å². The summed E-state index contributed by atoms with van der Waals surface area (Å²) in [6.07, 6.45) is 2.17. The van der Waals surface area contributed by atoms with Gasteiger partial charge in [0.2, 0.25) is 0 Å². The minimum absolute atomic E-state index is 0.511. The van der Waals surface area contributed by atoms with Crippen molar-refractivity contribution in [1.29, 1.82) is 0 Å². The van der Waals surface area contributed by atoms with Gasteiger partial charge in [-0.25, -0.2) is 0 Å². The van der Waals surface area contributed by atoms with E-state index < -0.39 is 0 Å². The molecule has 4 nitrogen and oxygen atoms in total. The van der Waals surface area contributed by atoms with E-state index in [1.165, 1.54) is 11.1 Å². The average molecular weight is 290 g/mol. The maximum Gasteiger partial charge on any atom is 0.122 e. The highest BCUT2D eigenvalue weighted by molar-refractivity contribution is 5.39. The first-order valence-electron chi connectivity index (χ1n) is 8.14. The third-order valence-corrected chi connectivity index (χ3v) is 4.42. The highest BCUT2D eigenvalue weighted by atomic mass is 16.5. The molecule has 1 unspecified atom stereocenters. The third kappa shape index (κ3) is 3.76. The summed E-state index contributed by atoms with van der Waals surface area (Å²) in [5.74, 6) is 1.08. The number of nitrogens with zero attached hydrogens (tertiary/aromatic N) is 1. The first kappa shape index (κ1) is 14.8. The number of hydrogen-bond donors (Lipinski definition) is 1. The van der Waals surface area contributed by atoms with Crippen LogP contribution in [0.1, 0.15) is 18.1 Å². The smallest absolute Gasteiger partial charge is 0.122 e. The Morgan fingerprint density at radius 1 is 1.33 bits per heavy atom. The van der Waals surface area contributed by atoms with Crippen LogP contribution in [0.2, 0.25) is 0 Å². The Labute approximate surface area is 127 Å². The number of ether oxygens (including phenoxy) is 2. The van der Waals surface area contributed by atoms with Crippen molar-refractivity contribution in [2.24, 2.45) is 0 Å². The molecular formula is C17H26N2O2. The lowest BCUT2D eigenvalue weighted by Gasteiger charge is -2.35. The largest absolute Gasteiger partial charge is 0.493 e. The normalized spacial score (nSPS) is 22.0. The van der Waals surface area contributed by atoms with E-state index in [1.807, 2.05) is 0 Å². The van der Waals surface area contributed by atoms with Gasteiger partial charge in [-0.15, -0.1) is 0 Å². The van der Waals surface area contributed by atoms with Crippen molar-refractivity contribution in [3.63, 3.8) is 0 Å². The van der Waals surface area contributed by atoms with Crippen LogP contribution in [0.5, 0.6) is 5.75 Å². The summed E-state index contributed by atoms with van der Waals surface area (Å²) < 4.78 is 11.2. The molecular weight excluding hydrogens is 264 g/mol. The Morgan fingerprint density at radius 3 is 3.19 bits per heavy atom. The minimum atomic E-state index is 0.511. The van der Waals surface area contributed by atoms with Crippen molar-refractivity contribution in [3.05, 3.63) is 29.3 Å². The number of rotatable bonds is 6. The Morgan fingerprint density at radius 2 is 2.29 bits per heavy atom. The molecule has 3 rings (SSSR count). The molecule has 4 heteroatoms. The fraction of sp³-hybridized carbons (Fsp3) is 0.647. The van der Waals surface area contributed by atoms with Crippen molar-refractivity contribution in [1.82, 2.24) is 10.2 Å². The predicted molar refractivity (Wildman–Crippen MR) is 84.1 cm³/mol.